The third-order valence-corrected chi connectivity index (χ3v) is 5.22. The monoisotopic (exact) mass is 478 g/mol. The number of rotatable bonds is 8. The number of ether oxygens (including phenoxy) is 1. The summed E-state index contributed by atoms with van der Waals surface area (Å²) < 4.78 is 5.25. The van der Waals surface area contributed by atoms with E-state index >= 15 is 0 Å². The zero-order chi connectivity index (χ0) is 26.2. The van der Waals surface area contributed by atoms with Gasteiger partial charge in [-0.25, -0.2) is 4.79 Å². The zero-order valence-corrected chi connectivity index (χ0v) is 21.2. The summed E-state index contributed by atoms with van der Waals surface area (Å²) in [4.78, 5) is 40.3. The van der Waals surface area contributed by atoms with Crippen molar-refractivity contribution in [1.82, 2.24) is 15.5 Å². The third-order valence-electron chi connectivity index (χ3n) is 5.22. The quantitative estimate of drug-likeness (QED) is 0.559. The van der Waals surface area contributed by atoms with Gasteiger partial charge in [0.05, 0.1) is 6.07 Å². The van der Waals surface area contributed by atoms with Gasteiger partial charge < -0.3 is 20.3 Å². The fourth-order valence-electron chi connectivity index (χ4n) is 3.63. The number of hydrogen-bond donors (Lipinski definition) is 2. The Hall–Kier alpha value is -3.86. The lowest BCUT2D eigenvalue weighted by molar-refractivity contribution is -0.141. The molecule has 2 unspecified atom stereocenters. The molecule has 0 fully saturated rings. The number of nitrogens with zero attached hydrogens (tertiary/aromatic N) is 2. The minimum Gasteiger partial charge on any atom is -0.444 e. The van der Waals surface area contributed by atoms with Crippen LogP contribution in [0.1, 0.15) is 56.0 Å². The lowest BCUT2D eigenvalue weighted by Crippen LogP contribution is -2.52. The number of hydrogen-bond acceptors (Lipinski definition) is 5. The van der Waals surface area contributed by atoms with E-state index in [1.54, 1.807) is 26.8 Å². The van der Waals surface area contributed by atoms with E-state index in [0.717, 1.165) is 16.7 Å². The van der Waals surface area contributed by atoms with Crippen molar-refractivity contribution in [2.45, 2.75) is 65.8 Å². The van der Waals surface area contributed by atoms with Gasteiger partial charge in [0.1, 0.15) is 24.2 Å². The fourth-order valence-corrected chi connectivity index (χ4v) is 3.63. The Balaban J connectivity index is 2.37. The number of carbonyl (C=O) groups is 3. The molecular weight excluding hydrogens is 444 g/mol. The Morgan fingerprint density at radius 1 is 1.09 bits per heavy atom. The highest BCUT2D eigenvalue weighted by atomic mass is 16.6. The Morgan fingerprint density at radius 3 is 2.31 bits per heavy atom. The van der Waals surface area contributed by atoms with Crippen LogP contribution in [0.25, 0.3) is 0 Å². The first-order chi connectivity index (χ1) is 16.4. The van der Waals surface area contributed by atoms with Crippen LogP contribution in [0.3, 0.4) is 0 Å². The van der Waals surface area contributed by atoms with E-state index in [9.17, 15) is 19.6 Å². The SMILES string of the molecule is Cc1ccc(C(C(=O)NCc2ccccc2)N(CC#N)C(=O)C(C)NC(=O)OC(C)(C)C)c(C)c1. The molecule has 0 spiro atoms. The van der Waals surface area contributed by atoms with Crippen molar-refractivity contribution in [1.29, 1.82) is 5.26 Å². The maximum absolute atomic E-state index is 13.5. The summed E-state index contributed by atoms with van der Waals surface area (Å²) in [5, 5.41) is 14.9. The van der Waals surface area contributed by atoms with Crippen LogP contribution in [0.2, 0.25) is 0 Å². The number of carbonyl (C=O) groups excluding carboxylic acids is 3. The Kier molecular flexibility index (Phi) is 9.41. The van der Waals surface area contributed by atoms with Crippen molar-refractivity contribution in [2.75, 3.05) is 6.54 Å². The average Bonchev–Trinajstić information content (AvgIpc) is 2.77. The number of alkyl carbamates (subject to hydrolysis) is 1. The van der Waals surface area contributed by atoms with Crippen molar-refractivity contribution in [3.05, 3.63) is 70.8 Å². The van der Waals surface area contributed by atoms with Gasteiger partial charge in [0.15, 0.2) is 0 Å². The standard InChI is InChI=1S/C27H34N4O4/c1-18-12-13-22(19(2)16-18)23(24(32)29-17-21-10-8-7-9-11-21)31(15-14-28)25(33)20(3)30-26(34)35-27(4,5)6/h7-13,16,20,23H,15,17H2,1-6H3,(H,29,32)(H,30,34). The summed E-state index contributed by atoms with van der Waals surface area (Å²) in [5.41, 5.74) is 2.59. The van der Waals surface area contributed by atoms with Crippen LogP contribution in [-0.4, -0.2) is 41.0 Å². The lowest BCUT2D eigenvalue weighted by atomic mass is 9.96. The molecule has 186 valence electrons. The minimum atomic E-state index is -1.06. The third kappa shape index (κ3) is 8.14. The molecule has 0 saturated carbocycles. The molecule has 35 heavy (non-hydrogen) atoms. The van der Waals surface area contributed by atoms with Crippen LogP contribution in [0.4, 0.5) is 4.79 Å². The first-order valence-corrected chi connectivity index (χ1v) is 11.5. The predicted octanol–water partition coefficient (Wildman–Crippen LogP) is 3.93. The lowest BCUT2D eigenvalue weighted by Gasteiger charge is -2.32. The highest BCUT2D eigenvalue weighted by molar-refractivity contribution is 5.92. The van der Waals surface area contributed by atoms with Crippen molar-refractivity contribution >= 4 is 17.9 Å². The summed E-state index contributed by atoms with van der Waals surface area (Å²) in [6.45, 7) is 10.4. The van der Waals surface area contributed by atoms with E-state index in [0.29, 0.717) is 5.56 Å². The molecule has 0 aliphatic rings. The maximum atomic E-state index is 13.5. The van der Waals surface area contributed by atoms with Crippen molar-refractivity contribution in [3.8, 4) is 6.07 Å². The Morgan fingerprint density at radius 2 is 1.74 bits per heavy atom. The summed E-state index contributed by atoms with van der Waals surface area (Å²) in [6.07, 6.45) is -0.758. The van der Waals surface area contributed by atoms with Crippen LogP contribution in [-0.2, 0) is 20.9 Å². The van der Waals surface area contributed by atoms with Gasteiger partial charge in [-0.15, -0.1) is 0 Å². The van der Waals surface area contributed by atoms with Crippen molar-refractivity contribution in [3.63, 3.8) is 0 Å². The van der Waals surface area contributed by atoms with Crippen LogP contribution in [0.5, 0.6) is 0 Å². The topological polar surface area (TPSA) is 112 Å². The number of nitriles is 1. The molecule has 2 atom stereocenters. The van der Waals surface area contributed by atoms with E-state index in [-0.39, 0.29) is 13.1 Å². The second-order valence-corrected chi connectivity index (χ2v) is 9.46. The molecule has 0 aromatic heterocycles. The van der Waals surface area contributed by atoms with Gasteiger partial charge in [0.25, 0.3) is 0 Å². The molecule has 8 heteroatoms. The van der Waals surface area contributed by atoms with Crippen molar-refractivity contribution in [2.24, 2.45) is 0 Å². The predicted molar refractivity (Wildman–Crippen MR) is 133 cm³/mol. The smallest absolute Gasteiger partial charge is 0.408 e. The van der Waals surface area contributed by atoms with Crippen LogP contribution >= 0.6 is 0 Å². The molecule has 0 aliphatic heterocycles. The highest BCUT2D eigenvalue weighted by Gasteiger charge is 2.35. The summed E-state index contributed by atoms with van der Waals surface area (Å²) in [6, 6.07) is 14.9. The normalized spacial score (nSPS) is 12.6. The molecule has 2 aromatic rings. The number of nitrogens with one attached hydrogen (secondary N) is 2. The molecular formula is C27H34N4O4. The van der Waals surface area contributed by atoms with Gasteiger partial charge in [0.2, 0.25) is 11.8 Å². The minimum absolute atomic E-state index is 0.265. The van der Waals surface area contributed by atoms with Crippen molar-refractivity contribution < 1.29 is 19.1 Å². The Bertz CT molecular complexity index is 1090. The molecule has 3 amide bonds. The molecule has 0 heterocycles. The van der Waals surface area contributed by atoms with Gasteiger partial charge in [-0.3, -0.25) is 9.59 Å². The number of benzene rings is 2. The number of aryl methyl sites for hydroxylation is 2. The first kappa shape index (κ1) is 27.4. The molecule has 2 rings (SSSR count). The molecule has 0 bridgehead atoms. The summed E-state index contributed by atoms with van der Waals surface area (Å²) in [5.74, 6) is -0.994. The molecule has 8 nitrogen and oxygen atoms in total. The second kappa shape index (κ2) is 12.0. The van der Waals surface area contributed by atoms with Gasteiger partial charge in [0, 0.05) is 6.54 Å². The maximum Gasteiger partial charge on any atom is 0.408 e. The van der Waals surface area contributed by atoms with Gasteiger partial charge in [-0.05, 0) is 58.2 Å². The van der Waals surface area contributed by atoms with E-state index < -0.39 is 35.6 Å². The number of amides is 3. The van der Waals surface area contributed by atoms with E-state index in [1.165, 1.54) is 11.8 Å². The van der Waals surface area contributed by atoms with E-state index in [2.05, 4.69) is 10.6 Å². The van der Waals surface area contributed by atoms with Crippen LogP contribution in [0.15, 0.2) is 48.5 Å². The van der Waals surface area contributed by atoms with E-state index in [4.69, 9.17) is 4.74 Å². The highest BCUT2D eigenvalue weighted by Crippen LogP contribution is 2.26. The molecule has 0 radical (unpaired) electrons. The zero-order valence-electron chi connectivity index (χ0n) is 21.2. The molecule has 2 N–H and O–H groups in total. The van der Waals surface area contributed by atoms with Gasteiger partial charge in [-0.1, -0.05) is 54.1 Å². The second-order valence-electron chi connectivity index (χ2n) is 9.46. The van der Waals surface area contributed by atoms with Gasteiger partial charge in [-0.2, -0.15) is 5.26 Å². The van der Waals surface area contributed by atoms with Crippen LogP contribution < -0.4 is 10.6 Å². The fraction of sp³-hybridized carbons (Fsp3) is 0.407. The molecule has 0 saturated heterocycles. The summed E-state index contributed by atoms with van der Waals surface area (Å²) >= 11 is 0. The van der Waals surface area contributed by atoms with Crippen LogP contribution in [0, 0.1) is 25.2 Å². The van der Waals surface area contributed by atoms with E-state index in [1.807, 2.05) is 62.4 Å². The Labute approximate surface area is 207 Å². The molecule has 0 aliphatic carbocycles. The van der Waals surface area contributed by atoms with Gasteiger partial charge >= 0.3 is 6.09 Å². The summed E-state index contributed by atoms with van der Waals surface area (Å²) in [7, 11) is 0. The average molecular weight is 479 g/mol. The molecule has 2 aromatic carbocycles. The largest absolute Gasteiger partial charge is 0.444 e. The first-order valence-electron chi connectivity index (χ1n) is 11.5.